The van der Waals surface area contributed by atoms with Crippen molar-refractivity contribution in [3.63, 3.8) is 0 Å². The number of nitrogens with two attached hydrogens (primary N) is 2. The van der Waals surface area contributed by atoms with Gasteiger partial charge in [0.05, 0.1) is 10.8 Å². The highest BCUT2D eigenvalue weighted by molar-refractivity contribution is 8.00. The minimum Gasteiger partial charge on any atom is -0.477 e. The summed E-state index contributed by atoms with van der Waals surface area (Å²) in [5.41, 5.74) is 8.52. The first-order valence-corrected chi connectivity index (χ1v) is 17.2. The number of aromatic nitrogens is 2. The number of fused-ring (bicyclic) bond motifs is 2. The Kier molecular flexibility index (Phi) is 11.9. The standard InChI is InChI=1S/C25H24Cl2N6O4S3.C2HF3O2/c26-13-6-7-15(27)17(9-13)39-11-18(34)30-19-22(35)32-20(24(36)37)12(10-40-23(19)32)3-2-8-38-21-14-4-1-5-16(14)33(29)25(28)31-21;3-2(4,5)1(6)7/h2-3,6-7,9,19,23,28H,1,4-5,8,10-11,29H2,(H2,30,34,36,37);(H,6,7)/p+1/b3-2+;/t19-,23?;/m1./s1. The summed E-state index contributed by atoms with van der Waals surface area (Å²) in [6, 6.07) is 4.17. The van der Waals surface area contributed by atoms with Gasteiger partial charge >= 0.3 is 24.1 Å². The molecular weight excluding hydrogens is 728 g/mol. The van der Waals surface area contributed by atoms with Crippen molar-refractivity contribution in [2.45, 2.75) is 46.8 Å². The molecule has 47 heavy (non-hydrogen) atoms. The Hall–Kier alpha value is -3.32. The maximum atomic E-state index is 12.9. The van der Waals surface area contributed by atoms with E-state index in [2.05, 4.69) is 10.3 Å². The number of allylic oxidation sites excluding steroid dienone is 1. The number of thioether (sulfide) groups is 3. The van der Waals surface area contributed by atoms with E-state index in [1.807, 2.05) is 6.08 Å². The first-order valence-electron chi connectivity index (χ1n) is 13.5. The van der Waals surface area contributed by atoms with Crippen LogP contribution in [-0.4, -0.2) is 78.7 Å². The highest BCUT2D eigenvalue weighted by Crippen LogP contribution is 2.41. The molecule has 1 aromatic carbocycles. The van der Waals surface area contributed by atoms with E-state index in [0.29, 0.717) is 32.0 Å². The highest BCUT2D eigenvalue weighted by atomic mass is 35.5. The van der Waals surface area contributed by atoms with E-state index >= 15 is 0 Å². The average Bonchev–Trinajstić information content (AvgIpc) is 3.51. The summed E-state index contributed by atoms with van der Waals surface area (Å²) in [7, 11) is 0. The van der Waals surface area contributed by atoms with Crippen molar-refractivity contribution in [2.75, 3.05) is 28.8 Å². The lowest BCUT2D eigenvalue weighted by molar-refractivity contribution is -0.634. The van der Waals surface area contributed by atoms with Crippen molar-refractivity contribution < 1.29 is 47.2 Å². The van der Waals surface area contributed by atoms with Gasteiger partial charge in [0.1, 0.15) is 22.8 Å². The number of carboxylic acids is 2. The van der Waals surface area contributed by atoms with Crippen molar-refractivity contribution in [3.05, 3.63) is 62.9 Å². The minimum atomic E-state index is -5.08. The normalized spacial score (nSPS) is 18.7. The van der Waals surface area contributed by atoms with E-state index in [1.54, 1.807) is 24.3 Å². The molecule has 1 fully saturated rings. The van der Waals surface area contributed by atoms with Crippen molar-refractivity contribution in [3.8, 4) is 0 Å². The van der Waals surface area contributed by atoms with Gasteiger partial charge < -0.3 is 15.5 Å². The second-order valence-electron chi connectivity index (χ2n) is 9.94. The summed E-state index contributed by atoms with van der Waals surface area (Å²) in [6.07, 6.45) is 1.25. The number of hydrogen-bond acceptors (Lipinski definition) is 10. The third-order valence-corrected chi connectivity index (χ3v) is 10.9. The maximum Gasteiger partial charge on any atom is 0.490 e. The zero-order valence-electron chi connectivity index (χ0n) is 23.9. The molecule has 2 aliphatic heterocycles. The summed E-state index contributed by atoms with van der Waals surface area (Å²) < 4.78 is 33.2. The first-order chi connectivity index (χ1) is 22.1. The predicted molar refractivity (Wildman–Crippen MR) is 171 cm³/mol. The van der Waals surface area contributed by atoms with E-state index in [0.717, 1.165) is 35.5 Å². The van der Waals surface area contributed by atoms with Crippen LogP contribution in [0.25, 0.3) is 0 Å². The summed E-state index contributed by atoms with van der Waals surface area (Å²) in [5, 5.41) is 21.1. The number of benzene rings is 1. The number of anilines is 1. The van der Waals surface area contributed by atoms with Crippen LogP contribution < -0.4 is 21.6 Å². The van der Waals surface area contributed by atoms with Crippen molar-refractivity contribution in [1.29, 1.82) is 0 Å². The van der Waals surface area contributed by atoms with E-state index in [-0.39, 0.29) is 23.3 Å². The number of nitrogens with one attached hydrogen (secondary N) is 1. The van der Waals surface area contributed by atoms with Gasteiger partial charge in [-0.1, -0.05) is 52.1 Å². The first kappa shape index (κ1) is 36.5. The summed E-state index contributed by atoms with van der Waals surface area (Å²) in [5.74, 6) is 2.45. The van der Waals surface area contributed by atoms with E-state index < -0.39 is 35.4 Å². The van der Waals surface area contributed by atoms with Gasteiger partial charge in [-0.2, -0.15) is 13.2 Å². The smallest absolute Gasteiger partial charge is 0.477 e. The van der Waals surface area contributed by atoms with Gasteiger partial charge in [0.15, 0.2) is 5.03 Å². The van der Waals surface area contributed by atoms with Gasteiger partial charge in [-0.15, -0.1) is 28.2 Å². The lowest BCUT2D eigenvalue weighted by atomic mass is 10.0. The Balaban J connectivity index is 0.000000644. The van der Waals surface area contributed by atoms with Crippen LogP contribution in [0, 0.1) is 0 Å². The van der Waals surface area contributed by atoms with Crippen molar-refractivity contribution in [1.82, 2.24) is 15.2 Å². The summed E-state index contributed by atoms with van der Waals surface area (Å²) in [4.78, 5) is 52.9. The number of nitrogen functional groups attached to an aromatic ring is 2. The number of β-lactam (4-membered cyclic amide) rings is 1. The number of amides is 2. The summed E-state index contributed by atoms with van der Waals surface area (Å²) in [6.45, 7) is 0. The molecule has 252 valence electrons. The zero-order valence-corrected chi connectivity index (χ0v) is 27.9. The molecule has 1 aromatic heterocycles. The number of carbonyl (C=O) groups is 4. The number of alkyl halides is 3. The largest absolute Gasteiger partial charge is 0.490 e. The molecule has 2 aromatic rings. The SMILES string of the molecule is Nc1nc(SC/C=C/C2=C(C(=O)O)N3C(=O)[C@@H](NC(=O)CSc4cc(Cl)ccc4Cl)C3SC2)c2c([n+]1N)CCC2.O=C(O)C(F)(F)F. The number of halogens is 5. The molecule has 0 bridgehead atoms. The van der Waals surface area contributed by atoms with Crippen LogP contribution in [0.3, 0.4) is 0 Å². The second-order valence-corrected chi connectivity index (χ2v) is 13.9. The van der Waals surface area contributed by atoms with Crippen molar-refractivity contribution in [2.24, 2.45) is 0 Å². The molecule has 3 aliphatic rings. The molecule has 1 aliphatic carbocycles. The second kappa shape index (κ2) is 15.3. The summed E-state index contributed by atoms with van der Waals surface area (Å²) >= 11 is 16.3. The number of carboxylic acid groups (broad SMARTS) is 2. The van der Waals surface area contributed by atoms with Crippen LogP contribution in [0.1, 0.15) is 17.7 Å². The molecule has 0 radical (unpaired) electrons. The van der Waals surface area contributed by atoms with Gasteiger partial charge in [0.2, 0.25) is 5.91 Å². The van der Waals surface area contributed by atoms with Crippen LogP contribution in [0.15, 0.2) is 51.5 Å². The molecule has 1 saturated heterocycles. The monoisotopic (exact) mass is 753 g/mol. The minimum absolute atomic E-state index is 0.0327. The Bertz CT molecular complexity index is 1680. The molecule has 5 rings (SSSR count). The number of nitrogens with zero attached hydrogens (tertiary/aromatic N) is 3. The molecule has 0 saturated carbocycles. The highest BCUT2D eigenvalue weighted by Gasteiger charge is 2.54. The maximum absolute atomic E-state index is 12.9. The number of rotatable bonds is 9. The lowest BCUT2D eigenvalue weighted by Crippen LogP contribution is -2.70. The Morgan fingerprint density at radius 3 is 2.57 bits per heavy atom. The van der Waals surface area contributed by atoms with Gasteiger partial charge in [-0.3, -0.25) is 26.1 Å². The topological polar surface area (TPSA) is 193 Å². The third-order valence-electron chi connectivity index (χ3n) is 6.85. The quantitative estimate of drug-likeness (QED) is 0.0827. The van der Waals surface area contributed by atoms with Crippen LogP contribution in [0.5, 0.6) is 0 Å². The Labute approximate surface area is 288 Å². The molecule has 20 heteroatoms. The fraction of sp³-hybridized carbons (Fsp3) is 0.333. The number of aliphatic carboxylic acids is 2. The number of hydrogen-bond donors (Lipinski definition) is 5. The van der Waals surface area contributed by atoms with E-state index in [4.69, 9.17) is 44.7 Å². The molecular formula is C27H26Cl2F3N6O6S3+. The van der Waals surface area contributed by atoms with Gasteiger partial charge in [0, 0.05) is 33.4 Å². The van der Waals surface area contributed by atoms with Crippen LogP contribution in [0.4, 0.5) is 19.1 Å². The fourth-order valence-corrected chi connectivity index (χ4v) is 8.27. The molecule has 0 spiro atoms. The van der Waals surface area contributed by atoms with Gasteiger partial charge in [-0.05, 0) is 36.6 Å². The van der Waals surface area contributed by atoms with Crippen LogP contribution in [0.2, 0.25) is 10.0 Å². The van der Waals surface area contributed by atoms with Crippen LogP contribution in [-0.2, 0) is 32.0 Å². The average molecular weight is 755 g/mol. The van der Waals surface area contributed by atoms with E-state index in [1.165, 1.54) is 44.9 Å². The zero-order chi connectivity index (χ0) is 34.6. The fourth-order valence-electron chi connectivity index (χ4n) is 4.74. The van der Waals surface area contributed by atoms with Gasteiger partial charge in [0.25, 0.3) is 5.91 Å². The Morgan fingerprint density at radius 2 is 1.91 bits per heavy atom. The predicted octanol–water partition coefficient (Wildman–Crippen LogP) is 3.27. The molecule has 2 atom stereocenters. The molecule has 1 unspecified atom stereocenters. The van der Waals surface area contributed by atoms with E-state index in [9.17, 15) is 32.7 Å². The number of carbonyl (C=O) groups excluding carboxylic acids is 2. The molecule has 12 nitrogen and oxygen atoms in total. The molecule has 7 N–H and O–H groups in total. The third kappa shape index (κ3) is 8.59. The molecule has 3 heterocycles. The lowest BCUT2D eigenvalue weighted by Gasteiger charge is -2.49. The van der Waals surface area contributed by atoms with Crippen LogP contribution >= 0.6 is 58.5 Å². The van der Waals surface area contributed by atoms with Gasteiger partial charge in [-0.25, -0.2) is 9.59 Å². The Morgan fingerprint density at radius 1 is 1.21 bits per heavy atom. The molecule has 2 amide bonds. The van der Waals surface area contributed by atoms with Crippen molar-refractivity contribution >= 4 is 88.2 Å².